The largest absolute Gasteiger partial charge is 0.507 e. The van der Waals surface area contributed by atoms with Crippen LogP contribution in [0.1, 0.15) is 36.1 Å². The highest BCUT2D eigenvalue weighted by Crippen LogP contribution is 2.34. The highest BCUT2D eigenvalue weighted by molar-refractivity contribution is 6.05. The van der Waals surface area contributed by atoms with E-state index in [0.29, 0.717) is 12.0 Å². The Kier molecular flexibility index (Phi) is 3.67. The van der Waals surface area contributed by atoms with Crippen LogP contribution in [0.25, 0.3) is 0 Å². The zero-order valence-corrected chi connectivity index (χ0v) is 12.7. The molecule has 112 valence electrons. The van der Waals surface area contributed by atoms with Gasteiger partial charge in [-0.25, -0.2) is 5.01 Å². The number of carbonyl (C=O) groups is 1. The van der Waals surface area contributed by atoms with Crippen molar-refractivity contribution in [1.29, 1.82) is 0 Å². The molecule has 2 aromatic rings. The second-order valence-corrected chi connectivity index (χ2v) is 5.56. The van der Waals surface area contributed by atoms with Gasteiger partial charge in [-0.05, 0) is 24.6 Å². The lowest BCUT2D eigenvalue weighted by Gasteiger charge is -2.20. The second-order valence-electron chi connectivity index (χ2n) is 5.56. The molecular formula is C18H18N2O2. The van der Waals surface area contributed by atoms with E-state index < -0.39 is 0 Å². The number of benzene rings is 2. The Labute approximate surface area is 129 Å². The molecule has 0 aliphatic carbocycles. The fourth-order valence-corrected chi connectivity index (χ4v) is 2.82. The van der Waals surface area contributed by atoms with E-state index in [0.717, 1.165) is 16.8 Å². The molecule has 1 heterocycles. The van der Waals surface area contributed by atoms with E-state index in [4.69, 9.17) is 0 Å². The summed E-state index contributed by atoms with van der Waals surface area (Å²) in [5.74, 6) is 0.0894. The first-order valence-electron chi connectivity index (χ1n) is 7.28. The monoisotopic (exact) mass is 294 g/mol. The van der Waals surface area contributed by atoms with Crippen LogP contribution in [-0.2, 0) is 4.79 Å². The zero-order chi connectivity index (χ0) is 15.7. The van der Waals surface area contributed by atoms with E-state index in [1.165, 1.54) is 11.9 Å². The van der Waals surface area contributed by atoms with E-state index in [9.17, 15) is 9.90 Å². The van der Waals surface area contributed by atoms with Gasteiger partial charge in [0.05, 0.1) is 11.8 Å². The quantitative estimate of drug-likeness (QED) is 0.923. The Hall–Kier alpha value is -2.62. The number of rotatable bonds is 2. The molecule has 0 spiro atoms. The Balaban J connectivity index is 1.99. The third kappa shape index (κ3) is 2.60. The Morgan fingerprint density at radius 1 is 1.23 bits per heavy atom. The van der Waals surface area contributed by atoms with Crippen molar-refractivity contribution < 1.29 is 9.90 Å². The summed E-state index contributed by atoms with van der Waals surface area (Å²) in [6.07, 6.45) is 0.598. The van der Waals surface area contributed by atoms with E-state index in [-0.39, 0.29) is 17.7 Å². The topological polar surface area (TPSA) is 52.9 Å². The van der Waals surface area contributed by atoms with Gasteiger partial charge in [0.1, 0.15) is 5.75 Å². The minimum Gasteiger partial charge on any atom is -0.507 e. The molecule has 1 amide bonds. The van der Waals surface area contributed by atoms with Crippen molar-refractivity contribution in [3.05, 3.63) is 65.2 Å². The molecule has 1 atom stereocenters. The summed E-state index contributed by atoms with van der Waals surface area (Å²) in [4.78, 5) is 11.9. The Bertz CT molecular complexity index is 752. The number of amides is 1. The van der Waals surface area contributed by atoms with E-state index in [1.807, 2.05) is 37.3 Å². The standard InChI is InChI=1S/C18H18N2O2/c1-12-6-5-7-14(10-12)17-11-16(19-20(17)13(2)21)15-8-3-4-9-18(15)22/h3-10,17,22H,11H2,1-2H3/t17-/m1/s1. The molecule has 0 aromatic heterocycles. The highest BCUT2D eigenvalue weighted by atomic mass is 16.3. The Morgan fingerprint density at radius 3 is 2.68 bits per heavy atom. The number of phenolic OH excluding ortho intramolecular Hbond substituents is 1. The molecule has 1 aliphatic rings. The minimum atomic E-state index is -0.119. The summed E-state index contributed by atoms with van der Waals surface area (Å²) in [6, 6.07) is 15.1. The van der Waals surface area contributed by atoms with Crippen LogP contribution in [0.4, 0.5) is 0 Å². The van der Waals surface area contributed by atoms with Crippen molar-refractivity contribution in [2.45, 2.75) is 26.3 Å². The maximum atomic E-state index is 11.9. The van der Waals surface area contributed by atoms with Crippen LogP contribution in [0.5, 0.6) is 5.75 Å². The molecule has 22 heavy (non-hydrogen) atoms. The van der Waals surface area contributed by atoms with Gasteiger partial charge >= 0.3 is 0 Å². The smallest absolute Gasteiger partial charge is 0.240 e. The molecule has 1 N–H and O–H groups in total. The molecule has 2 aromatic carbocycles. The highest BCUT2D eigenvalue weighted by Gasteiger charge is 2.32. The number of nitrogens with zero attached hydrogens (tertiary/aromatic N) is 2. The summed E-state index contributed by atoms with van der Waals surface area (Å²) >= 11 is 0. The summed E-state index contributed by atoms with van der Waals surface area (Å²) in [5, 5.41) is 16.0. The third-order valence-corrected chi connectivity index (χ3v) is 3.87. The van der Waals surface area contributed by atoms with Crippen molar-refractivity contribution in [2.24, 2.45) is 5.10 Å². The Morgan fingerprint density at radius 2 is 2.00 bits per heavy atom. The maximum absolute atomic E-state index is 11.9. The predicted octanol–water partition coefficient (Wildman–Crippen LogP) is 3.40. The van der Waals surface area contributed by atoms with E-state index >= 15 is 0 Å². The van der Waals surface area contributed by atoms with Gasteiger partial charge in [0.2, 0.25) is 5.91 Å². The van der Waals surface area contributed by atoms with Crippen LogP contribution in [0, 0.1) is 6.92 Å². The lowest BCUT2D eigenvalue weighted by molar-refractivity contribution is -0.130. The van der Waals surface area contributed by atoms with Crippen LogP contribution in [-0.4, -0.2) is 21.7 Å². The third-order valence-electron chi connectivity index (χ3n) is 3.87. The van der Waals surface area contributed by atoms with Gasteiger partial charge in [-0.1, -0.05) is 42.0 Å². The molecule has 4 heteroatoms. The number of hydrogen-bond acceptors (Lipinski definition) is 3. The second kappa shape index (κ2) is 5.64. The molecule has 0 bridgehead atoms. The summed E-state index contributed by atoms with van der Waals surface area (Å²) in [6.45, 7) is 3.54. The molecule has 0 saturated heterocycles. The number of para-hydroxylation sites is 1. The van der Waals surface area contributed by atoms with Crippen molar-refractivity contribution in [3.8, 4) is 5.75 Å². The average molecular weight is 294 g/mol. The molecule has 4 nitrogen and oxygen atoms in total. The molecule has 0 radical (unpaired) electrons. The van der Waals surface area contributed by atoms with E-state index in [2.05, 4.69) is 11.2 Å². The molecule has 0 unspecified atom stereocenters. The first kappa shape index (κ1) is 14.3. The van der Waals surface area contributed by atoms with Gasteiger partial charge in [-0.3, -0.25) is 4.79 Å². The summed E-state index contributed by atoms with van der Waals surface area (Å²) in [5.41, 5.74) is 3.63. The number of aromatic hydroxyl groups is 1. The molecule has 0 fully saturated rings. The van der Waals surface area contributed by atoms with Crippen molar-refractivity contribution in [1.82, 2.24) is 5.01 Å². The molecule has 3 rings (SSSR count). The summed E-state index contributed by atoms with van der Waals surface area (Å²) < 4.78 is 0. The first-order valence-corrected chi connectivity index (χ1v) is 7.28. The minimum absolute atomic E-state index is 0.100. The maximum Gasteiger partial charge on any atom is 0.240 e. The van der Waals surface area contributed by atoms with E-state index in [1.54, 1.807) is 12.1 Å². The van der Waals surface area contributed by atoms with Gasteiger partial charge in [0.25, 0.3) is 0 Å². The van der Waals surface area contributed by atoms with Crippen molar-refractivity contribution in [2.75, 3.05) is 0 Å². The number of carbonyl (C=O) groups excluding carboxylic acids is 1. The number of phenols is 1. The van der Waals surface area contributed by atoms with Crippen molar-refractivity contribution in [3.63, 3.8) is 0 Å². The first-order chi connectivity index (χ1) is 10.6. The summed E-state index contributed by atoms with van der Waals surface area (Å²) in [7, 11) is 0. The van der Waals surface area contributed by atoms with Crippen molar-refractivity contribution >= 4 is 11.6 Å². The van der Waals surface area contributed by atoms with Crippen LogP contribution < -0.4 is 0 Å². The average Bonchev–Trinajstić information content (AvgIpc) is 2.93. The number of hydrazone groups is 1. The molecule has 0 saturated carbocycles. The lowest BCUT2D eigenvalue weighted by atomic mass is 9.97. The lowest BCUT2D eigenvalue weighted by Crippen LogP contribution is -2.24. The van der Waals surface area contributed by atoms with Crippen LogP contribution in [0.3, 0.4) is 0 Å². The van der Waals surface area contributed by atoms with Gasteiger partial charge in [0.15, 0.2) is 0 Å². The fraction of sp³-hybridized carbons (Fsp3) is 0.222. The predicted molar refractivity (Wildman–Crippen MR) is 85.7 cm³/mol. The van der Waals surface area contributed by atoms with Crippen LogP contribution in [0.2, 0.25) is 0 Å². The molecular weight excluding hydrogens is 276 g/mol. The van der Waals surface area contributed by atoms with Crippen LogP contribution >= 0.6 is 0 Å². The van der Waals surface area contributed by atoms with Gasteiger partial charge in [-0.15, -0.1) is 0 Å². The van der Waals surface area contributed by atoms with Crippen LogP contribution in [0.15, 0.2) is 53.6 Å². The number of aryl methyl sites for hydroxylation is 1. The zero-order valence-electron chi connectivity index (χ0n) is 12.7. The van der Waals surface area contributed by atoms with Gasteiger partial charge in [0, 0.05) is 18.9 Å². The normalized spacial score (nSPS) is 17.5. The van der Waals surface area contributed by atoms with Gasteiger partial charge in [-0.2, -0.15) is 5.10 Å². The SMILES string of the molecule is CC(=O)N1N=C(c2ccccc2O)C[C@@H]1c1cccc(C)c1. The number of hydrogen-bond donors (Lipinski definition) is 1. The van der Waals surface area contributed by atoms with Gasteiger partial charge < -0.3 is 5.11 Å². The molecule has 1 aliphatic heterocycles. The fourth-order valence-electron chi connectivity index (χ4n) is 2.82.